The van der Waals surface area contributed by atoms with Crippen molar-refractivity contribution in [3.63, 3.8) is 0 Å². The second-order valence-corrected chi connectivity index (χ2v) is 4.22. The lowest BCUT2D eigenvalue weighted by atomic mass is 10.0. The molecule has 0 fully saturated rings. The lowest BCUT2D eigenvalue weighted by Crippen LogP contribution is -1.98. The molecule has 2 heterocycles. The zero-order chi connectivity index (χ0) is 14.3. The number of H-pyrrole nitrogens is 1. The van der Waals surface area contributed by atoms with E-state index in [4.69, 9.17) is 5.11 Å². The molecular formula is C14H8F2N2O2. The normalized spacial score (nSPS) is 10.9. The van der Waals surface area contributed by atoms with Crippen LogP contribution in [0.15, 0.2) is 36.7 Å². The molecule has 0 radical (unpaired) electrons. The maximum absolute atomic E-state index is 14.0. The van der Waals surface area contributed by atoms with E-state index in [-0.39, 0.29) is 22.3 Å². The number of nitrogens with one attached hydrogen (secondary N) is 1. The average molecular weight is 274 g/mol. The molecule has 0 aliphatic heterocycles. The molecule has 6 heteroatoms. The molecular weight excluding hydrogens is 266 g/mol. The summed E-state index contributed by atoms with van der Waals surface area (Å²) in [5, 5.41) is 9.25. The van der Waals surface area contributed by atoms with E-state index in [1.54, 1.807) is 6.07 Å². The Bertz CT molecular complexity index is 827. The summed E-state index contributed by atoms with van der Waals surface area (Å²) in [6.45, 7) is 0. The number of benzene rings is 1. The van der Waals surface area contributed by atoms with Gasteiger partial charge in [-0.15, -0.1) is 0 Å². The third kappa shape index (κ3) is 1.82. The number of nitrogens with zero attached hydrogens (tertiary/aromatic N) is 1. The highest BCUT2D eigenvalue weighted by Gasteiger charge is 2.15. The summed E-state index contributed by atoms with van der Waals surface area (Å²) < 4.78 is 27.5. The maximum Gasteiger partial charge on any atom is 0.335 e. The molecule has 0 saturated carbocycles. The number of aromatic carboxylic acids is 1. The fourth-order valence-electron chi connectivity index (χ4n) is 2.07. The first-order valence-electron chi connectivity index (χ1n) is 5.72. The fourth-order valence-corrected chi connectivity index (χ4v) is 2.07. The highest BCUT2D eigenvalue weighted by Crippen LogP contribution is 2.29. The van der Waals surface area contributed by atoms with E-state index < -0.39 is 17.6 Å². The molecule has 1 aromatic carbocycles. The largest absolute Gasteiger partial charge is 0.478 e. The van der Waals surface area contributed by atoms with Crippen molar-refractivity contribution in [2.24, 2.45) is 0 Å². The van der Waals surface area contributed by atoms with Gasteiger partial charge in [-0.25, -0.2) is 13.6 Å². The summed E-state index contributed by atoms with van der Waals surface area (Å²) in [7, 11) is 0. The summed E-state index contributed by atoms with van der Waals surface area (Å²) in [5.74, 6) is -2.46. The van der Waals surface area contributed by atoms with Gasteiger partial charge >= 0.3 is 5.97 Å². The predicted octanol–water partition coefficient (Wildman–Crippen LogP) is 3.21. The van der Waals surface area contributed by atoms with Gasteiger partial charge in [-0.2, -0.15) is 0 Å². The van der Waals surface area contributed by atoms with Crippen molar-refractivity contribution in [1.82, 2.24) is 9.97 Å². The first-order valence-corrected chi connectivity index (χ1v) is 5.72. The zero-order valence-electron chi connectivity index (χ0n) is 10.0. The molecule has 0 aliphatic carbocycles. The molecule has 0 spiro atoms. The minimum absolute atomic E-state index is 0.125. The Morgan fingerprint density at radius 3 is 2.70 bits per heavy atom. The molecule has 20 heavy (non-hydrogen) atoms. The number of carboxylic acid groups (broad SMARTS) is 1. The van der Waals surface area contributed by atoms with Gasteiger partial charge in [-0.3, -0.25) is 4.98 Å². The van der Waals surface area contributed by atoms with Gasteiger partial charge in [0.1, 0.15) is 5.82 Å². The van der Waals surface area contributed by atoms with Crippen LogP contribution in [0.2, 0.25) is 0 Å². The number of hydrogen-bond donors (Lipinski definition) is 2. The number of pyridine rings is 1. The van der Waals surface area contributed by atoms with Crippen LogP contribution in [0.3, 0.4) is 0 Å². The molecule has 0 aliphatic rings. The third-order valence-corrected chi connectivity index (χ3v) is 3.02. The van der Waals surface area contributed by atoms with Crippen LogP contribution in [0.4, 0.5) is 8.78 Å². The van der Waals surface area contributed by atoms with Crippen LogP contribution in [0.25, 0.3) is 22.2 Å². The van der Waals surface area contributed by atoms with Crippen molar-refractivity contribution in [3.05, 3.63) is 53.9 Å². The van der Waals surface area contributed by atoms with Gasteiger partial charge in [-0.1, -0.05) is 0 Å². The van der Waals surface area contributed by atoms with Gasteiger partial charge in [0.05, 0.1) is 23.0 Å². The SMILES string of the molecule is O=C(O)c1ccc(-c2ncc(F)c3[nH]ccc23)c(F)c1. The van der Waals surface area contributed by atoms with Crippen molar-refractivity contribution in [1.29, 1.82) is 0 Å². The first kappa shape index (κ1) is 12.3. The van der Waals surface area contributed by atoms with Crippen molar-refractivity contribution in [2.45, 2.75) is 0 Å². The molecule has 0 unspecified atom stereocenters. The number of halogens is 2. The molecule has 2 N–H and O–H groups in total. The number of carboxylic acids is 1. The van der Waals surface area contributed by atoms with E-state index in [0.717, 1.165) is 12.3 Å². The minimum Gasteiger partial charge on any atom is -0.478 e. The molecule has 0 saturated heterocycles. The van der Waals surface area contributed by atoms with Crippen LogP contribution in [-0.4, -0.2) is 21.0 Å². The third-order valence-electron chi connectivity index (χ3n) is 3.02. The van der Waals surface area contributed by atoms with E-state index in [9.17, 15) is 13.6 Å². The highest BCUT2D eigenvalue weighted by molar-refractivity contribution is 5.94. The summed E-state index contributed by atoms with van der Waals surface area (Å²) in [5.41, 5.74) is 0.465. The Morgan fingerprint density at radius 1 is 1.20 bits per heavy atom. The van der Waals surface area contributed by atoms with Crippen LogP contribution >= 0.6 is 0 Å². The Morgan fingerprint density at radius 2 is 2.00 bits per heavy atom. The average Bonchev–Trinajstić information content (AvgIpc) is 2.90. The number of fused-ring (bicyclic) bond motifs is 1. The Balaban J connectivity index is 2.23. The summed E-state index contributed by atoms with van der Waals surface area (Å²) in [6.07, 6.45) is 2.53. The van der Waals surface area contributed by atoms with Crippen LogP contribution in [0, 0.1) is 11.6 Å². The van der Waals surface area contributed by atoms with Gasteiger partial charge in [0.25, 0.3) is 0 Å². The molecule has 0 atom stereocenters. The van der Waals surface area contributed by atoms with Crippen LogP contribution < -0.4 is 0 Å². The van der Waals surface area contributed by atoms with Gasteiger partial charge in [-0.05, 0) is 24.3 Å². The van der Waals surface area contributed by atoms with Crippen molar-refractivity contribution >= 4 is 16.9 Å². The number of hydrogen-bond acceptors (Lipinski definition) is 2. The Labute approximate surface area is 111 Å². The molecule has 2 aromatic heterocycles. The quantitative estimate of drug-likeness (QED) is 0.754. The van der Waals surface area contributed by atoms with Crippen molar-refractivity contribution in [2.75, 3.05) is 0 Å². The molecule has 4 nitrogen and oxygen atoms in total. The second kappa shape index (κ2) is 4.41. The summed E-state index contributed by atoms with van der Waals surface area (Å²) in [4.78, 5) is 17.4. The Hall–Kier alpha value is -2.76. The number of aromatic amines is 1. The van der Waals surface area contributed by atoms with E-state index in [1.807, 2.05) is 0 Å². The van der Waals surface area contributed by atoms with E-state index in [0.29, 0.717) is 5.39 Å². The summed E-state index contributed by atoms with van der Waals surface area (Å²) in [6, 6.07) is 5.11. The molecule has 0 amide bonds. The molecule has 3 aromatic rings. The second-order valence-electron chi connectivity index (χ2n) is 4.22. The van der Waals surface area contributed by atoms with Crippen LogP contribution in [0.5, 0.6) is 0 Å². The first-order chi connectivity index (χ1) is 9.58. The van der Waals surface area contributed by atoms with Crippen LogP contribution in [0.1, 0.15) is 10.4 Å². The number of rotatable bonds is 2. The number of carbonyl (C=O) groups is 1. The van der Waals surface area contributed by atoms with E-state index >= 15 is 0 Å². The summed E-state index contributed by atoms with van der Waals surface area (Å²) >= 11 is 0. The lowest BCUT2D eigenvalue weighted by Gasteiger charge is -2.06. The topological polar surface area (TPSA) is 66.0 Å². The van der Waals surface area contributed by atoms with E-state index in [2.05, 4.69) is 9.97 Å². The van der Waals surface area contributed by atoms with Gasteiger partial charge in [0.2, 0.25) is 0 Å². The Kier molecular flexibility index (Phi) is 2.71. The number of aromatic nitrogens is 2. The minimum atomic E-state index is -1.21. The monoisotopic (exact) mass is 274 g/mol. The fraction of sp³-hybridized carbons (Fsp3) is 0. The van der Waals surface area contributed by atoms with Crippen LogP contribution in [-0.2, 0) is 0 Å². The van der Waals surface area contributed by atoms with Gasteiger partial charge in [0, 0.05) is 17.1 Å². The van der Waals surface area contributed by atoms with Gasteiger partial charge in [0.15, 0.2) is 5.82 Å². The predicted molar refractivity (Wildman–Crippen MR) is 68.4 cm³/mol. The standard InChI is InChI=1S/C14H8F2N2O2/c15-10-5-7(14(19)20)1-2-8(10)12-9-3-4-17-13(9)11(16)6-18-12/h1-6,17H,(H,19,20). The molecule has 0 bridgehead atoms. The molecule has 100 valence electrons. The lowest BCUT2D eigenvalue weighted by molar-refractivity contribution is 0.0696. The van der Waals surface area contributed by atoms with Crippen molar-refractivity contribution in [3.8, 4) is 11.3 Å². The zero-order valence-corrected chi connectivity index (χ0v) is 10.0. The van der Waals surface area contributed by atoms with Crippen molar-refractivity contribution < 1.29 is 18.7 Å². The van der Waals surface area contributed by atoms with Gasteiger partial charge < -0.3 is 10.1 Å². The highest BCUT2D eigenvalue weighted by atomic mass is 19.1. The maximum atomic E-state index is 14.0. The van der Waals surface area contributed by atoms with E-state index in [1.165, 1.54) is 18.3 Å². The smallest absolute Gasteiger partial charge is 0.335 e. The molecule has 3 rings (SSSR count).